The third-order valence-corrected chi connectivity index (χ3v) is 6.62. The van der Waals surface area contributed by atoms with Gasteiger partial charge in [0.2, 0.25) is 0 Å². The summed E-state index contributed by atoms with van der Waals surface area (Å²) in [5, 5.41) is 4.18. The van der Waals surface area contributed by atoms with E-state index in [1.807, 2.05) is 0 Å². The summed E-state index contributed by atoms with van der Waals surface area (Å²) in [4.78, 5) is 12.2. The van der Waals surface area contributed by atoms with Gasteiger partial charge in [0, 0.05) is 27.3 Å². The van der Waals surface area contributed by atoms with Gasteiger partial charge in [0.1, 0.15) is 5.75 Å². The Balaban J connectivity index is 1.58. The lowest BCUT2D eigenvalue weighted by Gasteiger charge is -2.13. The Hall–Kier alpha value is -2.45. The molecular weight excluding hydrogens is 495 g/mol. The number of carbonyl (C=O) groups excluding carboxylic acids is 1. The van der Waals surface area contributed by atoms with E-state index in [-0.39, 0.29) is 24.0 Å². The summed E-state index contributed by atoms with van der Waals surface area (Å²) in [5.41, 5.74) is 1.69. The highest BCUT2D eigenvalue weighted by molar-refractivity contribution is 7.92. The van der Waals surface area contributed by atoms with Crippen LogP contribution < -0.4 is 14.8 Å². The third kappa shape index (κ3) is 6.53. The van der Waals surface area contributed by atoms with Gasteiger partial charge in [-0.2, -0.15) is 0 Å². The normalized spacial score (nSPS) is 11.1. The molecule has 6 nitrogen and oxygen atoms in total. The molecule has 0 saturated carbocycles. The summed E-state index contributed by atoms with van der Waals surface area (Å²) in [6, 6.07) is 15.7. The molecule has 0 fully saturated rings. The van der Waals surface area contributed by atoms with Crippen molar-refractivity contribution in [3.05, 3.63) is 86.9 Å². The maximum Gasteiger partial charge on any atom is 0.261 e. The SMILES string of the molecule is Cc1cc(S(=O)(=O)Nc2ccc(Cl)cc2)ccc1OCC(=O)NCc1ccc(Cl)cc1Cl. The van der Waals surface area contributed by atoms with Crippen LogP contribution in [0.1, 0.15) is 11.1 Å². The molecule has 3 rings (SSSR count). The van der Waals surface area contributed by atoms with Crippen LogP contribution in [0.3, 0.4) is 0 Å². The van der Waals surface area contributed by atoms with Crippen LogP contribution in [0.4, 0.5) is 5.69 Å². The number of aryl methyl sites for hydroxylation is 1. The van der Waals surface area contributed by atoms with E-state index in [1.165, 1.54) is 18.2 Å². The van der Waals surface area contributed by atoms with Crippen LogP contribution in [0.5, 0.6) is 5.75 Å². The first-order valence-corrected chi connectivity index (χ1v) is 12.0. The average molecular weight is 514 g/mol. The third-order valence-electron chi connectivity index (χ3n) is 4.40. The van der Waals surface area contributed by atoms with E-state index >= 15 is 0 Å². The van der Waals surface area contributed by atoms with Gasteiger partial charge in [0.15, 0.2) is 6.61 Å². The predicted octanol–water partition coefficient (Wildman–Crippen LogP) is 5.45. The van der Waals surface area contributed by atoms with E-state index in [9.17, 15) is 13.2 Å². The second-order valence-electron chi connectivity index (χ2n) is 6.84. The van der Waals surface area contributed by atoms with Crippen LogP contribution in [0, 0.1) is 6.92 Å². The lowest BCUT2D eigenvalue weighted by atomic mass is 10.2. The number of carbonyl (C=O) groups is 1. The van der Waals surface area contributed by atoms with Gasteiger partial charge in [-0.3, -0.25) is 9.52 Å². The van der Waals surface area contributed by atoms with Crippen molar-refractivity contribution < 1.29 is 17.9 Å². The molecule has 3 aromatic rings. The second-order valence-corrected chi connectivity index (χ2v) is 9.80. The summed E-state index contributed by atoms with van der Waals surface area (Å²) < 4.78 is 33.3. The van der Waals surface area contributed by atoms with Crippen molar-refractivity contribution in [2.24, 2.45) is 0 Å². The van der Waals surface area contributed by atoms with Gasteiger partial charge < -0.3 is 10.1 Å². The maximum absolute atomic E-state index is 12.6. The van der Waals surface area contributed by atoms with E-state index in [2.05, 4.69) is 10.0 Å². The molecule has 2 N–H and O–H groups in total. The average Bonchev–Trinajstić information content (AvgIpc) is 2.73. The molecule has 0 aliphatic heterocycles. The number of anilines is 1. The van der Waals surface area contributed by atoms with Gasteiger partial charge in [-0.1, -0.05) is 40.9 Å². The number of sulfonamides is 1. The maximum atomic E-state index is 12.6. The lowest BCUT2D eigenvalue weighted by molar-refractivity contribution is -0.123. The van der Waals surface area contributed by atoms with Gasteiger partial charge in [0.25, 0.3) is 15.9 Å². The summed E-state index contributed by atoms with van der Waals surface area (Å²) in [5.74, 6) is 0.0478. The molecule has 0 saturated heterocycles. The molecule has 32 heavy (non-hydrogen) atoms. The van der Waals surface area contributed by atoms with Gasteiger partial charge in [-0.05, 0) is 72.6 Å². The quantitative estimate of drug-likeness (QED) is 0.419. The molecule has 0 aliphatic carbocycles. The van der Waals surface area contributed by atoms with Crippen LogP contribution in [-0.4, -0.2) is 20.9 Å². The summed E-state index contributed by atoms with van der Waals surface area (Å²) >= 11 is 17.8. The zero-order valence-corrected chi connectivity index (χ0v) is 19.9. The van der Waals surface area contributed by atoms with E-state index in [0.29, 0.717) is 32.1 Å². The van der Waals surface area contributed by atoms with Gasteiger partial charge in [-0.25, -0.2) is 8.42 Å². The summed E-state index contributed by atoms with van der Waals surface area (Å²) in [6.07, 6.45) is 0. The number of rotatable bonds is 8. The van der Waals surface area contributed by atoms with E-state index in [0.717, 1.165) is 5.56 Å². The van der Waals surface area contributed by atoms with Crippen molar-refractivity contribution in [3.63, 3.8) is 0 Å². The van der Waals surface area contributed by atoms with E-state index in [1.54, 1.807) is 49.4 Å². The van der Waals surface area contributed by atoms with Crippen LogP contribution in [-0.2, 0) is 21.4 Å². The predicted molar refractivity (Wildman–Crippen MR) is 127 cm³/mol. The molecule has 0 spiro atoms. The standard InChI is InChI=1S/C22H19Cl3N2O4S/c1-14-10-19(32(29,30)27-18-6-4-16(23)5-7-18)8-9-21(14)31-13-22(28)26-12-15-2-3-17(24)11-20(15)25/h2-11,27H,12-13H2,1H3,(H,26,28). The molecule has 0 bridgehead atoms. The molecule has 0 heterocycles. The van der Waals surface area contributed by atoms with Crippen LogP contribution in [0.2, 0.25) is 15.1 Å². The molecule has 0 aromatic heterocycles. The van der Waals surface area contributed by atoms with Crippen LogP contribution in [0.15, 0.2) is 65.6 Å². The van der Waals surface area contributed by atoms with Crippen molar-refractivity contribution in [2.75, 3.05) is 11.3 Å². The van der Waals surface area contributed by atoms with Gasteiger partial charge >= 0.3 is 0 Å². The Labute approximate surface area is 201 Å². The van der Waals surface area contributed by atoms with Crippen molar-refractivity contribution in [1.29, 1.82) is 0 Å². The van der Waals surface area contributed by atoms with Crippen LogP contribution >= 0.6 is 34.8 Å². The Morgan fingerprint density at radius 2 is 1.62 bits per heavy atom. The largest absolute Gasteiger partial charge is 0.484 e. The van der Waals surface area contributed by atoms with Gasteiger partial charge in [-0.15, -0.1) is 0 Å². The lowest BCUT2D eigenvalue weighted by Crippen LogP contribution is -2.28. The second kappa shape index (κ2) is 10.4. The molecule has 1 amide bonds. The number of amides is 1. The molecule has 168 valence electrons. The smallest absolute Gasteiger partial charge is 0.261 e. The van der Waals surface area contributed by atoms with Crippen molar-refractivity contribution in [2.45, 2.75) is 18.4 Å². The highest BCUT2D eigenvalue weighted by atomic mass is 35.5. The number of hydrogen-bond acceptors (Lipinski definition) is 4. The molecule has 0 radical (unpaired) electrons. The number of ether oxygens (including phenoxy) is 1. The van der Waals surface area contributed by atoms with E-state index in [4.69, 9.17) is 39.5 Å². The first-order chi connectivity index (χ1) is 15.1. The highest BCUT2D eigenvalue weighted by Gasteiger charge is 2.16. The van der Waals surface area contributed by atoms with E-state index < -0.39 is 10.0 Å². The first kappa shape index (κ1) is 24.2. The minimum Gasteiger partial charge on any atom is -0.484 e. The Bertz CT molecular complexity index is 1230. The van der Waals surface area contributed by atoms with Crippen molar-refractivity contribution in [3.8, 4) is 5.75 Å². The summed E-state index contributed by atoms with van der Waals surface area (Å²) in [7, 11) is -3.79. The molecule has 3 aromatic carbocycles. The molecule has 0 unspecified atom stereocenters. The zero-order valence-electron chi connectivity index (χ0n) is 16.9. The number of halogens is 3. The Morgan fingerprint density at radius 3 is 2.28 bits per heavy atom. The molecule has 0 atom stereocenters. The number of hydrogen-bond donors (Lipinski definition) is 2. The Kier molecular flexibility index (Phi) is 7.90. The number of benzene rings is 3. The fourth-order valence-corrected chi connectivity index (χ4v) is 4.48. The molecule has 0 aliphatic rings. The Morgan fingerprint density at radius 1 is 0.938 bits per heavy atom. The first-order valence-electron chi connectivity index (χ1n) is 9.36. The minimum absolute atomic E-state index is 0.0686. The fourth-order valence-electron chi connectivity index (χ4n) is 2.74. The van der Waals surface area contributed by atoms with Crippen LogP contribution in [0.25, 0.3) is 0 Å². The van der Waals surface area contributed by atoms with Gasteiger partial charge in [0.05, 0.1) is 4.90 Å². The minimum atomic E-state index is -3.79. The fraction of sp³-hybridized carbons (Fsp3) is 0.136. The summed E-state index contributed by atoms with van der Waals surface area (Å²) in [6.45, 7) is 1.69. The monoisotopic (exact) mass is 512 g/mol. The highest BCUT2D eigenvalue weighted by Crippen LogP contribution is 2.24. The zero-order chi connectivity index (χ0) is 23.3. The number of nitrogens with one attached hydrogen (secondary N) is 2. The molecular formula is C22H19Cl3N2O4S. The topological polar surface area (TPSA) is 84.5 Å². The van der Waals surface area contributed by atoms with Crippen molar-refractivity contribution >= 4 is 56.4 Å². The van der Waals surface area contributed by atoms with Crippen molar-refractivity contribution in [1.82, 2.24) is 5.32 Å². The molecule has 10 heteroatoms.